The van der Waals surface area contributed by atoms with Crippen molar-refractivity contribution < 1.29 is 24.2 Å². The lowest BCUT2D eigenvalue weighted by Crippen LogP contribution is -2.35. The Hall–Kier alpha value is -4.33. The first kappa shape index (κ1) is 27.2. The van der Waals surface area contributed by atoms with Crippen LogP contribution in [0.1, 0.15) is 33.0 Å². The van der Waals surface area contributed by atoms with E-state index in [1.165, 1.54) is 17.0 Å². The van der Waals surface area contributed by atoms with Crippen molar-refractivity contribution in [2.45, 2.75) is 12.5 Å². The van der Waals surface area contributed by atoms with E-state index in [1.54, 1.807) is 24.3 Å². The number of anilines is 1. The van der Waals surface area contributed by atoms with Gasteiger partial charge in [0, 0.05) is 18.0 Å². The van der Waals surface area contributed by atoms with Crippen molar-refractivity contribution in [2.24, 2.45) is 0 Å². The van der Waals surface area contributed by atoms with Crippen LogP contribution in [0.15, 0.2) is 91.0 Å². The van der Waals surface area contributed by atoms with Crippen molar-refractivity contribution in [3.8, 4) is 11.1 Å². The van der Waals surface area contributed by atoms with Gasteiger partial charge in [-0.3, -0.25) is 14.9 Å². The number of fused-ring (bicyclic) bond motifs is 3. The number of nitrogens with zero attached hydrogens (tertiary/aromatic N) is 1. The highest BCUT2D eigenvalue weighted by molar-refractivity contribution is 6.40. The second-order valence-electron chi connectivity index (χ2n) is 9.31. The summed E-state index contributed by atoms with van der Waals surface area (Å²) in [6.07, 6.45) is -0.749. The molecule has 40 heavy (non-hydrogen) atoms. The predicted octanol–water partition coefficient (Wildman–Crippen LogP) is 7.08. The van der Waals surface area contributed by atoms with Gasteiger partial charge in [-0.2, -0.15) is 0 Å². The number of halogens is 2. The number of hydrogen-bond acceptors (Lipinski definition) is 4. The zero-order valence-corrected chi connectivity index (χ0v) is 22.7. The van der Waals surface area contributed by atoms with Gasteiger partial charge >= 0.3 is 12.1 Å². The summed E-state index contributed by atoms with van der Waals surface area (Å²) in [5, 5.41) is 11.9. The molecule has 5 rings (SSSR count). The molecular weight excluding hydrogens is 551 g/mol. The number of hydrogen-bond donors (Lipinski definition) is 2. The van der Waals surface area contributed by atoms with Gasteiger partial charge in [-0.15, -0.1) is 0 Å². The van der Waals surface area contributed by atoms with Gasteiger partial charge in [0.15, 0.2) is 0 Å². The number of amides is 2. The molecule has 202 valence electrons. The van der Waals surface area contributed by atoms with Crippen LogP contribution in [-0.2, 0) is 16.1 Å². The second kappa shape index (κ2) is 11.8. The average molecular weight is 575 g/mol. The Morgan fingerprint density at radius 2 is 1.38 bits per heavy atom. The molecule has 0 atom stereocenters. The summed E-state index contributed by atoms with van der Waals surface area (Å²) >= 11 is 12.8. The Bertz CT molecular complexity index is 1520. The quantitative estimate of drug-likeness (QED) is 0.234. The summed E-state index contributed by atoms with van der Waals surface area (Å²) in [6.45, 7) is -0.320. The van der Waals surface area contributed by atoms with Gasteiger partial charge in [0.05, 0.1) is 15.7 Å². The molecule has 7 nitrogen and oxygen atoms in total. The van der Waals surface area contributed by atoms with Crippen LogP contribution in [0.25, 0.3) is 11.1 Å². The molecule has 0 heterocycles. The van der Waals surface area contributed by atoms with E-state index in [0.29, 0.717) is 0 Å². The number of ether oxygens (including phenoxy) is 1. The molecule has 0 unspecified atom stereocenters. The first-order valence-electron chi connectivity index (χ1n) is 12.5. The highest BCUT2D eigenvalue weighted by Gasteiger charge is 2.29. The van der Waals surface area contributed by atoms with Crippen LogP contribution >= 0.6 is 23.2 Å². The van der Waals surface area contributed by atoms with Crippen molar-refractivity contribution in [3.05, 3.63) is 123 Å². The largest absolute Gasteiger partial charge is 0.480 e. The summed E-state index contributed by atoms with van der Waals surface area (Å²) in [5.74, 6) is -1.84. The molecule has 0 saturated carbocycles. The van der Waals surface area contributed by atoms with Crippen molar-refractivity contribution in [2.75, 3.05) is 18.5 Å². The number of rotatable bonds is 8. The van der Waals surface area contributed by atoms with Gasteiger partial charge in [0.25, 0.3) is 5.91 Å². The van der Waals surface area contributed by atoms with E-state index < -0.39 is 24.5 Å². The van der Waals surface area contributed by atoms with Gasteiger partial charge in [-0.1, -0.05) is 102 Å². The predicted molar refractivity (Wildman–Crippen MR) is 154 cm³/mol. The minimum absolute atomic E-state index is 0.0133. The van der Waals surface area contributed by atoms with Crippen LogP contribution in [0.5, 0.6) is 0 Å². The fourth-order valence-electron chi connectivity index (χ4n) is 4.90. The van der Waals surface area contributed by atoms with E-state index in [0.717, 1.165) is 27.8 Å². The maximum Gasteiger partial charge on any atom is 0.411 e. The Balaban J connectivity index is 1.29. The molecule has 0 spiro atoms. The van der Waals surface area contributed by atoms with E-state index in [1.807, 2.05) is 54.6 Å². The van der Waals surface area contributed by atoms with E-state index in [2.05, 4.69) is 5.32 Å². The molecule has 4 aromatic rings. The fourth-order valence-corrected chi connectivity index (χ4v) is 5.48. The molecular formula is C31H24Cl2N2O5. The van der Waals surface area contributed by atoms with Gasteiger partial charge in [-0.25, -0.2) is 4.79 Å². The molecule has 9 heteroatoms. The normalized spacial score (nSPS) is 11.8. The first-order chi connectivity index (χ1) is 19.3. The topological polar surface area (TPSA) is 95.9 Å². The summed E-state index contributed by atoms with van der Waals surface area (Å²) in [4.78, 5) is 38.6. The number of benzene rings is 4. The third-order valence-corrected chi connectivity index (χ3v) is 7.29. The van der Waals surface area contributed by atoms with E-state index in [9.17, 15) is 19.5 Å². The fraction of sp³-hybridized carbons (Fsp3) is 0.129. The Morgan fingerprint density at radius 3 is 1.95 bits per heavy atom. The summed E-state index contributed by atoms with van der Waals surface area (Å²) < 4.78 is 5.57. The van der Waals surface area contributed by atoms with Crippen molar-refractivity contribution in [3.63, 3.8) is 0 Å². The van der Waals surface area contributed by atoms with Gasteiger partial charge in [0.1, 0.15) is 13.2 Å². The minimum Gasteiger partial charge on any atom is -0.480 e. The lowest BCUT2D eigenvalue weighted by Gasteiger charge is -2.22. The van der Waals surface area contributed by atoms with Crippen LogP contribution in [0.2, 0.25) is 10.0 Å². The summed E-state index contributed by atoms with van der Waals surface area (Å²) in [7, 11) is 0. The van der Waals surface area contributed by atoms with Gasteiger partial charge in [-0.05, 0) is 39.9 Å². The smallest absolute Gasteiger partial charge is 0.411 e. The van der Waals surface area contributed by atoms with E-state index >= 15 is 0 Å². The SMILES string of the molecule is O=C(O)CN(Cc1ccccc1)C(=O)c1cc(Cl)c(NC(=O)OCC2c3ccccc3-c3ccccc32)c(Cl)c1. The van der Waals surface area contributed by atoms with Crippen LogP contribution in [0.4, 0.5) is 10.5 Å². The first-order valence-corrected chi connectivity index (χ1v) is 13.2. The molecule has 0 saturated heterocycles. The van der Waals surface area contributed by atoms with Crippen LogP contribution < -0.4 is 5.32 Å². The molecule has 2 N–H and O–H groups in total. The van der Waals surface area contributed by atoms with Crippen molar-refractivity contribution in [1.82, 2.24) is 4.90 Å². The number of carbonyl (C=O) groups excluding carboxylic acids is 2. The third kappa shape index (κ3) is 5.81. The second-order valence-corrected chi connectivity index (χ2v) is 10.1. The zero-order chi connectivity index (χ0) is 28.2. The maximum atomic E-state index is 13.2. The lowest BCUT2D eigenvalue weighted by atomic mass is 9.98. The number of carbonyl (C=O) groups is 3. The third-order valence-electron chi connectivity index (χ3n) is 6.69. The highest BCUT2D eigenvalue weighted by atomic mass is 35.5. The average Bonchev–Trinajstić information content (AvgIpc) is 3.27. The minimum atomic E-state index is -1.16. The molecule has 0 aliphatic heterocycles. The molecule has 4 aromatic carbocycles. The number of carboxylic acids is 1. The van der Waals surface area contributed by atoms with Crippen molar-refractivity contribution >= 4 is 46.9 Å². The van der Waals surface area contributed by atoms with Crippen molar-refractivity contribution in [1.29, 1.82) is 0 Å². The molecule has 0 aromatic heterocycles. The number of carboxylic acid groups (broad SMARTS) is 1. The summed E-state index contributed by atoms with van der Waals surface area (Å²) in [5.41, 5.74) is 5.33. The standard InChI is InChI=1S/C31H24Cl2N2O5/c32-26-14-20(30(38)35(17-28(36)37)16-19-8-2-1-3-9-19)15-27(33)29(26)34-31(39)40-18-25-23-12-6-4-10-21(23)22-11-5-7-13-24(22)25/h1-15,25H,16-18H2,(H,34,39)(H,36,37). The van der Waals surface area contributed by atoms with E-state index in [-0.39, 0.29) is 40.4 Å². The molecule has 0 fully saturated rings. The maximum absolute atomic E-state index is 13.2. The molecule has 0 bridgehead atoms. The van der Waals surface area contributed by atoms with Crippen LogP contribution in [0.3, 0.4) is 0 Å². The number of nitrogens with one attached hydrogen (secondary N) is 1. The zero-order valence-electron chi connectivity index (χ0n) is 21.1. The Morgan fingerprint density at radius 1 is 0.825 bits per heavy atom. The lowest BCUT2D eigenvalue weighted by molar-refractivity contribution is -0.137. The van der Waals surface area contributed by atoms with Crippen LogP contribution in [0, 0.1) is 0 Å². The van der Waals surface area contributed by atoms with E-state index in [4.69, 9.17) is 27.9 Å². The highest BCUT2D eigenvalue weighted by Crippen LogP contribution is 2.44. The summed E-state index contributed by atoms with van der Waals surface area (Å²) in [6, 6.07) is 27.7. The monoisotopic (exact) mass is 574 g/mol. The molecule has 0 radical (unpaired) electrons. The molecule has 1 aliphatic rings. The van der Waals surface area contributed by atoms with Gasteiger partial charge in [0.2, 0.25) is 0 Å². The molecule has 2 amide bonds. The number of aliphatic carboxylic acids is 1. The Labute approximate surface area is 240 Å². The Kier molecular flexibility index (Phi) is 8.05. The molecule has 1 aliphatic carbocycles. The van der Waals surface area contributed by atoms with Crippen LogP contribution in [-0.4, -0.2) is 41.1 Å². The van der Waals surface area contributed by atoms with Gasteiger partial charge < -0.3 is 14.7 Å².